The molecule has 366 valence electrons. The number of terminal acetylenes is 1. The van der Waals surface area contributed by atoms with Gasteiger partial charge in [-0.1, -0.05) is 165 Å². The van der Waals surface area contributed by atoms with Gasteiger partial charge in [0, 0.05) is 50.2 Å². The van der Waals surface area contributed by atoms with Crippen molar-refractivity contribution in [2.75, 3.05) is 0 Å². The lowest BCUT2D eigenvalue weighted by Gasteiger charge is -2.14. The second kappa shape index (κ2) is 18.3. The van der Waals surface area contributed by atoms with Crippen LogP contribution < -0.4 is 0 Å². The number of hydrogen-bond acceptors (Lipinski definition) is 1. The zero-order valence-electron chi connectivity index (χ0n) is 43.3. The molecular formula is C74H54N2O. The Morgan fingerprint density at radius 2 is 1.29 bits per heavy atom. The summed E-state index contributed by atoms with van der Waals surface area (Å²) in [5.74, 6) is 3.62. The molecule has 3 heteroatoms. The van der Waals surface area contributed by atoms with Gasteiger partial charge in [0.2, 0.25) is 0 Å². The number of rotatable bonds is 7. The van der Waals surface area contributed by atoms with Crippen LogP contribution in [-0.2, 0) is 12.8 Å². The van der Waals surface area contributed by atoms with Crippen molar-refractivity contribution in [3.63, 3.8) is 0 Å². The van der Waals surface area contributed by atoms with E-state index in [9.17, 15) is 0 Å². The molecule has 15 rings (SSSR count). The fourth-order valence-electron chi connectivity index (χ4n) is 12.9. The first-order valence-electron chi connectivity index (χ1n) is 26.7. The van der Waals surface area contributed by atoms with Crippen molar-refractivity contribution < 1.29 is 4.42 Å². The van der Waals surface area contributed by atoms with Gasteiger partial charge in [0.25, 0.3) is 0 Å². The topological polar surface area (TPSA) is 23.0 Å². The molecule has 0 amide bonds. The number of fused-ring (bicyclic) bond motifs is 12. The summed E-state index contributed by atoms with van der Waals surface area (Å²) in [6.07, 6.45) is 18.5. The van der Waals surface area contributed by atoms with Crippen LogP contribution >= 0.6 is 0 Å². The molecule has 3 heterocycles. The van der Waals surface area contributed by atoms with E-state index in [0.29, 0.717) is 0 Å². The fraction of sp³-hybridized carbons (Fsp3) is 0.0811. The standard InChI is InChI=1S/C63H42N2O.C11H12/c1-3-14-47(63-38(2)44-16-8-11-26-62(44)66-63)41-29-32-61-56(35-41)51-19-7-10-24-58(51)65(61)59-25-13-22-49-52-37-43(30-27-42(52)36-54(49)59)64-57-23-9-6-18-50(57)55-34-40(28-31-60(55)64)46-20-12-21-48-45-17-5-4-15-39(45)33-53(46)48;1-4-9(2)11-8-6-5-7-10(11)3/h1,4,6-16,18-32,34-35,37H,5,17,33,36H2,2H3;4-8H,1-2H2,3H3/b47-14-;. The number of nitrogens with zero attached hydrogens (tertiary/aromatic N) is 2. The summed E-state index contributed by atoms with van der Waals surface area (Å²) in [5, 5.41) is 6.03. The summed E-state index contributed by atoms with van der Waals surface area (Å²) in [6, 6.07) is 68.7. The van der Waals surface area contributed by atoms with Gasteiger partial charge in [-0.15, -0.1) is 6.42 Å². The normalized spacial score (nSPS) is 13.4. The van der Waals surface area contributed by atoms with Gasteiger partial charge in [-0.2, -0.15) is 0 Å². The minimum Gasteiger partial charge on any atom is -0.456 e. The van der Waals surface area contributed by atoms with Crippen molar-refractivity contribution in [3.05, 3.63) is 281 Å². The lowest BCUT2D eigenvalue weighted by molar-refractivity contribution is 0.597. The molecule has 0 radical (unpaired) electrons. The summed E-state index contributed by atoms with van der Waals surface area (Å²) in [7, 11) is 0. The van der Waals surface area contributed by atoms with Gasteiger partial charge < -0.3 is 13.6 Å². The first-order valence-corrected chi connectivity index (χ1v) is 26.7. The van der Waals surface area contributed by atoms with E-state index in [4.69, 9.17) is 10.8 Å². The Bertz CT molecular complexity index is 4640. The largest absolute Gasteiger partial charge is 0.456 e. The van der Waals surface area contributed by atoms with Gasteiger partial charge in [0.15, 0.2) is 0 Å². The predicted molar refractivity (Wildman–Crippen MR) is 325 cm³/mol. The molecule has 0 N–H and O–H groups in total. The minimum absolute atomic E-state index is 0.810. The van der Waals surface area contributed by atoms with Crippen LogP contribution in [0.2, 0.25) is 0 Å². The quantitative estimate of drug-likeness (QED) is 0.115. The summed E-state index contributed by atoms with van der Waals surface area (Å²) in [6.45, 7) is 11.8. The van der Waals surface area contributed by atoms with Crippen molar-refractivity contribution in [2.45, 2.75) is 39.5 Å². The summed E-state index contributed by atoms with van der Waals surface area (Å²) < 4.78 is 11.4. The molecule has 0 aliphatic heterocycles. The number of aromatic nitrogens is 2. The number of benzene rings is 9. The van der Waals surface area contributed by atoms with Crippen LogP contribution in [0.15, 0.2) is 236 Å². The van der Waals surface area contributed by atoms with Crippen molar-refractivity contribution in [2.24, 2.45) is 0 Å². The third-order valence-electron chi connectivity index (χ3n) is 16.6. The van der Waals surface area contributed by atoms with Crippen LogP contribution in [0.5, 0.6) is 0 Å². The fourth-order valence-corrected chi connectivity index (χ4v) is 12.9. The van der Waals surface area contributed by atoms with Gasteiger partial charge in [-0.25, -0.2) is 0 Å². The average Bonchev–Trinajstić information content (AvgIpc) is 4.45. The highest BCUT2D eigenvalue weighted by atomic mass is 16.3. The summed E-state index contributed by atoms with van der Waals surface area (Å²) in [5.41, 5.74) is 28.3. The molecule has 12 aromatic rings. The lowest BCUT2D eigenvalue weighted by atomic mass is 9.93. The first-order chi connectivity index (χ1) is 37.9. The van der Waals surface area contributed by atoms with Gasteiger partial charge in [0.1, 0.15) is 11.3 Å². The maximum absolute atomic E-state index is 6.47. The first kappa shape index (κ1) is 46.0. The third kappa shape index (κ3) is 7.36. The van der Waals surface area contributed by atoms with Gasteiger partial charge in [0.05, 0.1) is 27.8 Å². The molecule has 9 aromatic carbocycles. The molecule has 3 nitrogen and oxygen atoms in total. The van der Waals surface area contributed by atoms with E-state index < -0.39 is 0 Å². The molecule has 0 unspecified atom stereocenters. The summed E-state index contributed by atoms with van der Waals surface area (Å²) >= 11 is 0. The van der Waals surface area contributed by atoms with E-state index in [0.717, 1.165) is 70.2 Å². The highest BCUT2D eigenvalue weighted by Gasteiger charge is 2.28. The van der Waals surface area contributed by atoms with Gasteiger partial charge >= 0.3 is 0 Å². The second-order valence-corrected chi connectivity index (χ2v) is 20.8. The van der Waals surface area contributed by atoms with Crippen LogP contribution in [-0.4, -0.2) is 9.13 Å². The highest BCUT2D eigenvalue weighted by molar-refractivity contribution is 6.12. The minimum atomic E-state index is 0.810. The lowest BCUT2D eigenvalue weighted by Crippen LogP contribution is -1.99. The number of allylic oxidation sites excluding steroid dienone is 7. The molecule has 3 aliphatic carbocycles. The Labute approximate surface area is 449 Å². The highest BCUT2D eigenvalue weighted by Crippen LogP contribution is 2.47. The zero-order valence-corrected chi connectivity index (χ0v) is 43.3. The Balaban J connectivity index is 0.000000441. The Morgan fingerprint density at radius 3 is 2.09 bits per heavy atom. The summed E-state index contributed by atoms with van der Waals surface area (Å²) in [4.78, 5) is 0. The number of para-hydroxylation sites is 3. The maximum atomic E-state index is 6.47. The molecule has 0 saturated heterocycles. The molecule has 3 aliphatic rings. The van der Waals surface area contributed by atoms with Crippen LogP contribution in [0.4, 0.5) is 0 Å². The van der Waals surface area contributed by atoms with Crippen molar-refractivity contribution in [1.29, 1.82) is 0 Å². The van der Waals surface area contributed by atoms with Crippen molar-refractivity contribution >= 4 is 71.3 Å². The predicted octanol–water partition coefficient (Wildman–Crippen LogP) is 19.1. The molecule has 77 heavy (non-hydrogen) atoms. The van der Waals surface area contributed by atoms with E-state index in [-0.39, 0.29) is 0 Å². The molecule has 0 saturated carbocycles. The molecule has 0 spiro atoms. The number of furan rings is 1. The van der Waals surface area contributed by atoms with Gasteiger partial charge in [-0.05, 0) is 178 Å². The monoisotopic (exact) mass is 986 g/mol. The van der Waals surface area contributed by atoms with E-state index in [1.165, 1.54) is 111 Å². The van der Waals surface area contributed by atoms with E-state index >= 15 is 0 Å². The van der Waals surface area contributed by atoms with Crippen LogP contribution in [0.25, 0.3) is 105 Å². The smallest absolute Gasteiger partial charge is 0.139 e. The second-order valence-electron chi connectivity index (χ2n) is 20.8. The molecule has 0 bridgehead atoms. The molecule has 0 fully saturated rings. The molecule has 3 aromatic heterocycles. The van der Waals surface area contributed by atoms with Crippen molar-refractivity contribution in [1.82, 2.24) is 9.13 Å². The van der Waals surface area contributed by atoms with E-state index in [1.54, 1.807) is 11.6 Å². The average molecular weight is 987 g/mol. The van der Waals surface area contributed by atoms with Crippen LogP contribution in [0.1, 0.15) is 63.1 Å². The van der Waals surface area contributed by atoms with Crippen LogP contribution in [0.3, 0.4) is 0 Å². The number of aryl methyl sites for hydroxylation is 2. The molecular weight excluding hydrogens is 933 g/mol. The van der Waals surface area contributed by atoms with Gasteiger partial charge in [-0.3, -0.25) is 0 Å². The Hall–Kier alpha value is -9.62. The maximum Gasteiger partial charge on any atom is 0.139 e. The Kier molecular flexibility index (Phi) is 10.9. The van der Waals surface area contributed by atoms with E-state index in [2.05, 4.69) is 218 Å². The Morgan fingerprint density at radius 1 is 0.597 bits per heavy atom. The van der Waals surface area contributed by atoms with Crippen LogP contribution in [0, 0.1) is 26.2 Å². The van der Waals surface area contributed by atoms with E-state index in [1.807, 2.05) is 30.3 Å². The van der Waals surface area contributed by atoms with Crippen molar-refractivity contribution in [3.8, 4) is 46.0 Å². The number of hydrogen-bond donors (Lipinski definition) is 0. The molecule has 0 atom stereocenters. The third-order valence-corrected chi connectivity index (χ3v) is 16.6. The zero-order chi connectivity index (χ0) is 51.9. The SMILES string of the molecule is C#C/C=C(/c1ccc2c(c1)c1ccccc1n2-c1cccc2c1Cc1ccc(-n3c4ccccc4c4cc(-c5cccc6c5CC5=C6CCC=C5)ccc43)cc1-2)c1oc2ccccc2c1C.C=CC(=C)c1ccccc1C.